The van der Waals surface area contributed by atoms with Crippen LogP contribution in [0.4, 0.5) is 18.9 Å². The molecule has 1 amide bonds. The number of aryl methyl sites for hydroxylation is 1. The van der Waals surface area contributed by atoms with Gasteiger partial charge < -0.3 is 20.5 Å². The Morgan fingerprint density at radius 2 is 1.71 bits per heavy atom. The average Bonchev–Trinajstić information content (AvgIpc) is 2.66. The zero-order chi connectivity index (χ0) is 20.6. The molecule has 2 aromatic rings. The van der Waals surface area contributed by atoms with Crippen molar-refractivity contribution < 1.29 is 27.4 Å². The van der Waals surface area contributed by atoms with Crippen LogP contribution in [0.2, 0.25) is 0 Å². The van der Waals surface area contributed by atoms with Crippen molar-refractivity contribution in [2.75, 3.05) is 26.0 Å². The molecule has 8 heteroatoms. The van der Waals surface area contributed by atoms with E-state index < -0.39 is 12.8 Å². The Morgan fingerprint density at radius 3 is 2.36 bits per heavy atom. The normalized spacial score (nSPS) is 11.1. The van der Waals surface area contributed by atoms with Gasteiger partial charge in [0.1, 0.15) is 0 Å². The third-order valence-electron chi connectivity index (χ3n) is 3.98. The van der Waals surface area contributed by atoms with Crippen molar-refractivity contribution in [3.05, 3.63) is 53.6 Å². The molecule has 28 heavy (non-hydrogen) atoms. The minimum atomic E-state index is -4.42. The third-order valence-corrected chi connectivity index (χ3v) is 3.98. The Kier molecular flexibility index (Phi) is 7.54. The number of methoxy groups -OCH3 is 1. The summed E-state index contributed by atoms with van der Waals surface area (Å²) in [5.41, 5.74) is 8.17. The molecule has 152 valence electrons. The molecule has 0 unspecified atom stereocenters. The van der Waals surface area contributed by atoms with Crippen LogP contribution in [0.25, 0.3) is 0 Å². The summed E-state index contributed by atoms with van der Waals surface area (Å²) in [7, 11) is 1.35. The number of ether oxygens (including phenoxy) is 2. The van der Waals surface area contributed by atoms with Crippen molar-refractivity contribution >= 4 is 11.6 Å². The van der Waals surface area contributed by atoms with Crippen LogP contribution in [-0.4, -0.2) is 32.3 Å². The maximum Gasteiger partial charge on any atom is 0.422 e. The highest BCUT2D eigenvalue weighted by molar-refractivity contribution is 5.76. The van der Waals surface area contributed by atoms with Crippen LogP contribution < -0.4 is 20.5 Å². The van der Waals surface area contributed by atoms with Crippen molar-refractivity contribution in [2.45, 2.75) is 25.4 Å². The molecule has 0 aliphatic rings. The first kappa shape index (κ1) is 21.4. The van der Waals surface area contributed by atoms with Gasteiger partial charge in [-0.3, -0.25) is 4.79 Å². The van der Waals surface area contributed by atoms with Crippen molar-refractivity contribution in [3.8, 4) is 11.5 Å². The fraction of sp³-hybridized carbons (Fsp3) is 0.350. The smallest absolute Gasteiger partial charge is 0.422 e. The zero-order valence-electron chi connectivity index (χ0n) is 15.5. The summed E-state index contributed by atoms with van der Waals surface area (Å²) in [5, 5.41) is 2.84. The van der Waals surface area contributed by atoms with E-state index in [1.807, 2.05) is 24.3 Å². The summed E-state index contributed by atoms with van der Waals surface area (Å²) in [6, 6.07) is 12.1. The maximum atomic E-state index is 12.3. The first-order valence-corrected chi connectivity index (χ1v) is 8.74. The van der Waals surface area contributed by atoms with Crippen LogP contribution in [0.3, 0.4) is 0 Å². The predicted molar refractivity (Wildman–Crippen MR) is 100 cm³/mol. The van der Waals surface area contributed by atoms with Gasteiger partial charge in [0.25, 0.3) is 0 Å². The van der Waals surface area contributed by atoms with Crippen LogP contribution in [0, 0.1) is 0 Å². The molecule has 3 N–H and O–H groups in total. The predicted octanol–water partition coefficient (Wildman–Crippen LogP) is 3.51. The van der Waals surface area contributed by atoms with Gasteiger partial charge in [-0.2, -0.15) is 13.2 Å². The number of rotatable bonds is 9. The van der Waals surface area contributed by atoms with Gasteiger partial charge in [-0.25, -0.2) is 0 Å². The Morgan fingerprint density at radius 1 is 1.04 bits per heavy atom. The van der Waals surface area contributed by atoms with Crippen LogP contribution in [-0.2, 0) is 17.6 Å². The number of nitrogen functional groups attached to an aromatic ring is 1. The van der Waals surface area contributed by atoms with Gasteiger partial charge in [0.15, 0.2) is 18.1 Å². The van der Waals surface area contributed by atoms with Gasteiger partial charge in [-0.1, -0.05) is 18.2 Å². The number of alkyl halides is 3. The molecule has 2 aromatic carbocycles. The summed E-state index contributed by atoms with van der Waals surface area (Å²) in [6.07, 6.45) is -3.03. The molecule has 0 radical (unpaired) electrons. The lowest BCUT2D eigenvalue weighted by Crippen LogP contribution is -2.25. The van der Waals surface area contributed by atoms with Crippen LogP contribution in [0.15, 0.2) is 42.5 Å². The molecule has 0 bridgehead atoms. The van der Waals surface area contributed by atoms with E-state index in [-0.39, 0.29) is 23.8 Å². The van der Waals surface area contributed by atoms with E-state index in [4.69, 9.17) is 15.2 Å². The first-order chi connectivity index (χ1) is 13.3. The number of carbonyl (C=O) groups is 1. The number of nitrogens with one attached hydrogen (secondary N) is 1. The van der Waals surface area contributed by atoms with E-state index in [0.29, 0.717) is 25.1 Å². The molecule has 5 nitrogen and oxygen atoms in total. The van der Waals surface area contributed by atoms with Crippen molar-refractivity contribution in [1.82, 2.24) is 5.32 Å². The Balaban J connectivity index is 1.79. The maximum absolute atomic E-state index is 12.3. The largest absolute Gasteiger partial charge is 0.493 e. The van der Waals surface area contributed by atoms with Crippen molar-refractivity contribution in [1.29, 1.82) is 0 Å². The molecule has 0 fully saturated rings. The highest BCUT2D eigenvalue weighted by atomic mass is 19.4. The second kappa shape index (κ2) is 9.87. The lowest BCUT2D eigenvalue weighted by atomic mass is 10.1. The molecule has 0 saturated heterocycles. The summed E-state index contributed by atoms with van der Waals surface area (Å²) in [4.78, 5) is 12.0. The summed E-state index contributed by atoms with van der Waals surface area (Å²) >= 11 is 0. The van der Waals surface area contributed by atoms with Gasteiger partial charge in [-0.05, 0) is 48.2 Å². The summed E-state index contributed by atoms with van der Waals surface area (Å²) < 4.78 is 46.7. The second-order valence-electron chi connectivity index (χ2n) is 6.23. The molecule has 0 heterocycles. The molecular formula is C20H23F3N2O3. The van der Waals surface area contributed by atoms with E-state index in [0.717, 1.165) is 11.1 Å². The summed E-state index contributed by atoms with van der Waals surface area (Å²) in [5.74, 6) is 0.105. The number of benzene rings is 2. The van der Waals surface area contributed by atoms with Gasteiger partial charge in [-0.15, -0.1) is 0 Å². The Labute approximate surface area is 161 Å². The molecule has 0 saturated carbocycles. The Bertz CT molecular complexity index is 777. The Hall–Kier alpha value is -2.90. The number of nitrogens with two attached hydrogens (primary N) is 1. The minimum absolute atomic E-state index is 0.0107. The van der Waals surface area contributed by atoms with Gasteiger partial charge >= 0.3 is 6.18 Å². The lowest BCUT2D eigenvalue weighted by Gasteiger charge is -2.13. The molecule has 0 aliphatic heterocycles. The number of anilines is 1. The van der Waals surface area contributed by atoms with E-state index in [1.54, 1.807) is 12.1 Å². The van der Waals surface area contributed by atoms with Crippen LogP contribution in [0.5, 0.6) is 11.5 Å². The molecule has 0 spiro atoms. The van der Waals surface area contributed by atoms with Crippen molar-refractivity contribution in [2.24, 2.45) is 0 Å². The van der Waals surface area contributed by atoms with Gasteiger partial charge in [0.2, 0.25) is 5.91 Å². The van der Waals surface area contributed by atoms with E-state index >= 15 is 0 Å². The highest BCUT2D eigenvalue weighted by Gasteiger charge is 2.29. The molecule has 2 rings (SSSR count). The zero-order valence-corrected chi connectivity index (χ0v) is 15.5. The van der Waals surface area contributed by atoms with Crippen LogP contribution >= 0.6 is 0 Å². The number of hydrogen-bond acceptors (Lipinski definition) is 4. The third kappa shape index (κ3) is 7.38. The van der Waals surface area contributed by atoms with Crippen LogP contribution in [0.1, 0.15) is 17.5 Å². The number of hydrogen-bond donors (Lipinski definition) is 2. The van der Waals surface area contributed by atoms with Crippen molar-refractivity contribution in [3.63, 3.8) is 0 Å². The topological polar surface area (TPSA) is 73.6 Å². The molecule has 0 atom stereocenters. The van der Waals surface area contributed by atoms with Gasteiger partial charge in [0, 0.05) is 18.7 Å². The molecular weight excluding hydrogens is 373 g/mol. The van der Waals surface area contributed by atoms with E-state index in [1.165, 1.54) is 13.2 Å². The summed E-state index contributed by atoms with van der Waals surface area (Å²) in [6.45, 7) is -0.880. The van der Waals surface area contributed by atoms with E-state index in [2.05, 4.69) is 5.32 Å². The molecule has 0 aromatic heterocycles. The SMILES string of the molecule is COc1cc(CCC(=O)NCCc2ccc(N)cc2)ccc1OCC(F)(F)F. The first-order valence-electron chi connectivity index (χ1n) is 8.74. The standard InChI is InChI=1S/C20H23F3N2O3/c1-27-18-12-15(4-8-17(18)28-13-20(21,22)23)5-9-19(26)25-11-10-14-2-6-16(24)7-3-14/h2-4,6-8,12H,5,9-11,13,24H2,1H3,(H,25,26). The highest BCUT2D eigenvalue weighted by Crippen LogP contribution is 2.30. The van der Waals surface area contributed by atoms with Gasteiger partial charge in [0.05, 0.1) is 7.11 Å². The number of carbonyl (C=O) groups excluding carboxylic acids is 1. The fourth-order valence-electron chi connectivity index (χ4n) is 2.52. The fourth-order valence-corrected chi connectivity index (χ4v) is 2.52. The monoisotopic (exact) mass is 396 g/mol. The number of halogens is 3. The second-order valence-corrected chi connectivity index (χ2v) is 6.23. The minimum Gasteiger partial charge on any atom is -0.493 e. The molecule has 0 aliphatic carbocycles. The lowest BCUT2D eigenvalue weighted by molar-refractivity contribution is -0.153. The average molecular weight is 396 g/mol. The van der Waals surface area contributed by atoms with E-state index in [9.17, 15) is 18.0 Å². The quantitative estimate of drug-likeness (QED) is 0.636. The number of amides is 1.